The Hall–Kier alpha value is -4.47. The van der Waals surface area contributed by atoms with E-state index in [2.05, 4.69) is 15.6 Å². The molecule has 9 nitrogen and oxygen atoms in total. The number of aromatic carboxylic acids is 1. The molecule has 0 aliphatic carbocycles. The van der Waals surface area contributed by atoms with Gasteiger partial charge in [-0.05, 0) is 65.9 Å². The zero-order chi connectivity index (χ0) is 27.6. The van der Waals surface area contributed by atoms with Crippen LogP contribution in [0.2, 0.25) is 5.02 Å². The van der Waals surface area contributed by atoms with Gasteiger partial charge in [-0.2, -0.15) is 0 Å². The van der Waals surface area contributed by atoms with Gasteiger partial charge < -0.3 is 26.5 Å². The smallest absolute Gasteiger partial charge is 0.341 e. The number of pyridine rings is 1. The van der Waals surface area contributed by atoms with Crippen LogP contribution in [0.25, 0.3) is 22.0 Å². The summed E-state index contributed by atoms with van der Waals surface area (Å²) in [5, 5.41) is 14.9. The third-order valence-corrected chi connectivity index (χ3v) is 6.53. The first-order valence-corrected chi connectivity index (χ1v) is 12.0. The van der Waals surface area contributed by atoms with Gasteiger partial charge in [0.25, 0.3) is 5.91 Å². The van der Waals surface area contributed by atoms with Gasteiger partial charge in [0.1, 0.15) is 5.56 Å². The molecular formula is C28H25ClN4O5. The molecule has 4 rings (SSSR count). The molecule has 38 heavy (non-hydrogen) atoms. The van der Waals surface area contributed by atoms with E-state index in [4.69, 9.17) is 17.3 Å². The molecule has 6 N–H and O–H groups in total. The van der Waals surface area contributed by atoms with Crippen molar-refractivity contribution in [2.24, 2.45) is 5.73 Å². The van der Waals surface area contributed by atoms with Crippen molar-refractivity contribution in [3.63, 3.8) is 0 Å². The Labute approximate surface area is 222 Å². The largest absolute Gasteiger partial charge is 0.477 e. The number of rotatable bonds is 7. The fourth-order valence-corrected chi connectivity index (χ4v) is 4.43. The number of benzene rings is 3. The maximum absolute atomic E-state index is 12.6. The Balaban J connectivity index is 1.47. The van der Waals surface area contributed by atoms with E-state index in [1.54, 1.807) is 12.1 Å². The number of aromatic amines is 1. The van der Waals surface area contributed by atoms with E-state index < -0.39 is 23.3 Å². The number of hydrogen-bond acceptors (Lipinski definition) is 5. The quantitative estimate of drug-likeness (QED) is 0.244. The molecule has 0 bridgehead atoms. The van der Waals surface area contributed by atoms with Gasteiger partial charge in [0, 0.05) is 29.8 Å². The molecule has 10 heteroatoms. The van der Waals surface area contributed by atoms with E-state index in [0.717, 1.165) is 22.3 Å². The van der Waals surface area contributed by atoms with Crippen molar-refractivity contribution >= 4 is 46.0 Å². The molecule has 194 valence electrons. The normalized spacial score (nSPS) is 11.7. The number of fused-ring (bicyclic) bond motifs is 1. The Kier molecular flexibility index (Phi) is 7.61. The van der Waals surface area contributed by atoms with Crippen molar-refractivity contribution in [3.8, 4) is 11.1 Å². The second-order valence-electron chi connectivity index (χ2n) is 8.82. The third-order valence-electron chi connectivity index (χ3n) is 6.22. The number of carbonyl (C=O) groups is 3. The van der Waals surface area contributed by atoms with Gasteiger partial charge in [-0.25, -0.2) is 4.79 Å². The van der Waals surface area contributed by atoms with Crippen molar-refractivity contribution in [2.75, 3.05) is 12.4 Å². The molecular weight excluding hydrogens is 508 g/mol. The molecule has 0 saturated carbocycles. The van der Waals surface area contributed by atoms with Gasteiger partial charge in [-0.1, -0.05) is 35.9 Å². The summed E-state index contributed by atoms with van der Waals surface area (Å²) in [6.45, 7) is 1.85. The predicted octanol–water partition coefficient (Wildman–Crippen LogP) is 3.72. The Bertz CT molecular complexity index is 1630. The molecule has 0 unspecified atom stereocenters. The minimum Gasteiger partial charge on any atom is -0.477 e. The van der Waals surface area contributed by atoms with Gasteiger partial charge in [0.05, 0.1) is 16.6 Å². The number of aryl methyl sites for hydroxylation is 1. The molecule has 1 atom stereocenters. The maximum atomic E-state index is 12.6. The first-order chi connectivity index (χ1) is 18.1. The van der Waals surface area contributed by atoms with Gasteiger partial charge >= 0.3 is 5.97 Å². The minimum absolute atomic E-state index is 0.210. The lowest BCUT2D eigenvalue weighted by molar-refractivity contribution is -0.117. The average molecular weight is 533 g/mol. The molecule has 0 spiro atoms. The van der Waals surface area contributed by atoms with E-state index in [-0.39, 0.29) is 22.9 Å². The SMILES string of the molecule is CNC(=O)c1ccc(NC(=O)[C@@H](N)Cc2ccc(-c3cc4[nH]cc(C(=O)O)c(=O)c4cc3C)cc2)cc1Cl. The molecule has 0 fully saturated rings. The summed E-state index contributed by atoms with van der Waals surface area (Å²) < 4.78 is 0. The molecule has 2 amide bonds. The lowest BCUT2D eigenvalue weighted by Gasteiger charge is -2.14. The van der Waals surface area contributed by atoms with E-state index in [9.17, 15) is 24.3 Å². The van der Waals surface area contributed by atoms with Crippen LogP contribution in [0.15, 0.2) is 65.6 Å². The van der Waals surface area contributed by atoms with Crippen molar-refractivity contribution in [1.82, 2.24) is 10.3 Å². The monoisotopic (exact) mass is 532 g/mol. The topological polar surface area (TPSA) is 154 Å². The molecule has 0 saturated heterocycles. The van der Waals surface area contributed by atoms with Crippen molar-refractivity contribution in [1.29, 1.82) is 0 Å². The zero-order valence-electron chi connectivity index (χ0n) is 20.6. The summed E-state index contributed by atoms with van der Waals surface area (Å²) in [4.78, 5) is 51.1. The highest BCUT2D eigenvalue weighted by atomic mass is 35.5. The average Bonchev–Trinajstić information content (AvgIpc) is 2.89. The lowest BCUT2D eigenvalue weighted by Crippen LogP contribution is -2.37. The second-order valence-corrected chi connectivity index (χ2v) is 9.23. The number of carboxylic acid groups (broad SMARTS) is 1. The van der Waals surface area contributed by atoms with E-state index in [1.165, 1.54) is 25.4 Å². The third kappa shape index (κ3) is 5.44. The molecule has 1 aromatic heterocycles. The maximum Gasteiger partial charge on any atom is 0.341 e. The lowest BCUT2D eigenvalue weighted by atomic mass is 9.96. The minimum atomic E-state index is -1.28. The van der Waals surface area contributed by atoms with Crippen molar-refractivity contribution < 1.29 is 19.5 Å². The number of nitrogens with two attached hydrogens (primary N) is 1. The summed E-state index contributed by atoms with van der Waals surface area (Å²) in [7, 11) is 1.50. The fraction of sp³-hybridized carbons (Fsp3) is 0.143. The van der Waals surface area contributed by atoms with E-state index >= 15 is 0 Å². The highest BCUT2D eigenvalue weighted by molar-refractivity contribution is 6.34. The van der Waals surface area contributed by atoms with Crippen LogP contribution >= 0.6 is 11.6 Å². The summed E-state index contributed by atoms with van der Waals surface area (Å²) >= 11 is 6.15. The van der Waals surface area contributed by atoms with Crippen LogP contribution in [0, 0.1) is 6.92 Å². The number of H-pyrrole nitrogens is 1. The van der Waals surface area contributed by atoms with Crippen molar-refractivity contribution in [2.45, 2.75) is 19.4 Å². The number of hydrogen-bond donors (Lipinski definition) is 5. The first-order valence-electron chi connectivity index (χ1n) is 11.7. The van der Waals surface area contributed by atoms with Crippen molar-refractivity contribution in [3.05, 3.63) is 98.3 Å². The number of aromatic nitrogens is 1. The second kappa shape index (κ2) is 10.9. The number of halogens is 1. The molecule has 0 aliphatic heterocycles. The molecule has 4 aromatic rings. The Morgan fingerprint density at radius 2 is 1.76 bits per heavy atom. The number of anilines is 1. The fourth-order valence-electron chi connectivity index (χ4n) is 4.16. The van der Waals surface area contributed by atoms with Crippen LogP contribution in [0.4, 0.5) is 5.69 Å². The van der Waals surface area contributed by atoms with Crippen LogP contribution in [0.5, 0.6) is 0 Å². The number of nitrogens with one attached hydrogen (secondary N) is 3. The zero-order valence-corrected chi connectivity index (χ0v) is 21.3. The van der Waals surface area contributed by atoms with Crippen LogP contribution in [-0.2, 0) is 11.2 Å². The van der Waals surface area contributed by atoms with Gasteiger partial charge in [0.15, 0.2) is 0 Å². The highest BCUT2D eigenvalue weighted by Gasteiger charge is 2.17. The summed E-state index contributed by atoms with van der Waals surface area (Å²) in [5.74, 6) is -2.00. The summed E-state index contributed by atoms with van der Waals surface area (Å²) in [5.41, 5.74) is 9.99. The number of amides is 2. The van der Waals surface area contributed by atoms with E-state index in [1.807, 2.05) is 37.3 Å². The van der Waals surface area contributed by atoms with Crippen LogP contribution in [0.1, 0.15) is 31.8 Å². The van der Waals surface area contributed by atoms with Crippen LogP contribution in [-0.4, -0.2) is 41.0 Å². The highest BCUT2D eigenvalue weighted by Crippen LogP contribution is 2.27. The predicted molar refractivity (Wildman–Crippen MR) is 147 cm³/mol. The summed E-state index contributed by atoms with van der Waals surface area (Å²) in [6, 6.07) is 14.8. The summed E-state index contributed by atoms with van der Waals surface area (Å²) in [6.07, 6.45) is 1.49. The molecule has 3 aromatic carbocycles. The standard InChI is InChI=1S/C28H25ClN4O5/c1-14-9-20-24(32-13-21(25(20)34)28(37)38)12-19(14)16-5-3-15(4-6-16)10-23(30)27(36)33-17-7-8-18(22(29)11-17)26(35)31-2/h3-9,11-13,23H,10,30H2,1-2H3,(H,31,35)(H,32,34)(H,33,36)(H,37,38)/t23-/m0/s1. The van der Waals surface area contributed by atoms with E-state index in [0.29, 0.717) is 22.2 Å². The molecule has 1 heterocycles. The number of carbonyl (C=O) groups excluding carboxylic acids is 2. The molecule has 0 aliphatic rings. The first kappa shape index (κ1) is 26.6. The van der Waals surface area contributed by atoms with Gasteiger partial charge in [-0.15, -0.1) is 0 Å². The van der Waals surface area contributed by atoms with Gasteiger partial charge in [0.2, 0.25) is 11.3 Å². The van der Waals surface area contributed by atoms with Crippen LogP contribution in [0.3, 0.4) is 0 Å². The Morgan fingerprint density at radius 1 is 1.05 bits per heavy atom. The Morgan fingerprint density at radius 3 is 2.39 bits per heavy atom. The van der Waals surface area contributed by atoms with Gasteiger partial charge in [-0.3, -0.25) is 14.4 Å². The van der Waals surface area contributed by atoms with Crippen LogP contribution < -0.4 is 21.8 Å². The molecule has 0 radical (unpaired) electrons. The number of carboxylic acids is 1.